The number of rotatable bonds is 5. The number of aromatic amines is 1. The van der Waals surface area contributed by atoms with Crippen molar-refractivity contribution in [3.05, 3.63) is 87.1 Å². The molecule has 0 saturated heterocycles. The Bertz CT molecular complexity index is 1560. The molecule has 0 saturated carbocycles. The molecule has 5 rings (SSSR count). The highest BCUT2D eigenvalue weighted by Crippen LogP contribution is 2.27. The molecular weight excluding hydrogens is 420 g/mol. The molecule has 2 aromatic carbocycles. The van der Waals surface area contributed by atoms with Crippen molar-refractivity contribution in [3.63, 3.8) is 0 Å². The highest BCUT2D eigenvalue weighted by atomic mass is 16.2. The number of fused-ring (bicyclic) bond motifs is 1. The van der Waals surface area contributed by atoms with Crippen LogP contribution in [-0.4, -0.2) is 39.3 Å². The number of hydrogen-bond donors (Lipinski definition) is 1. The van der Waals surface area contributed by atoms with E-state index in [2.05, 4.69) is 25.5 Å². The first-order valence-electron chi connectivity index (χ1n) is 10.5. The lowest BCUT2D eigenvalue weighted by Crippen LogP contribution is -2.29. The normalized spacial score (nSPS) is 11.5. The second kappa shape index (κ2) is 7.97. The van der Waals surface area contributed by atoms with E-state index >= 15 is 0 Å². The number of hydrogen-bond acceptors (Lipinski definition) is 6. The number of benzene rings is 2. The number of nitrogens with zero attached hydrogens (tertiary/aromatic N) is 7. The van der Waals surface area contributed by atoms with Gasteiger partial charge in [-0.15, -0.1) is 5.10 Å². The van der Waals surface area contributed by atoms with Gasteiger partial charge >= 0.3 is 5.69 Å². The lowest BCUT2D eigenvalue weighted by molar-refractivity contribution is 0.682. The molecule has 0 atom stereocenters. The summed E-state index contributed by atoms with van der Waals surface area (Å²) in [7, 11) is 1.61. The Morgan fingerprint density at radius 1 is 1.03 bits per heavy atom. The summed E-state index contributed by atoms with van der Waals surface area (Å²) in [6, 6.07) is 16.0. The Morgan fingerprint density at radius 3 is 2.48 bits per heavy atom. The predicted molar refractivity (Wildman–Crippen MR) is 123 cm³/mol. The topological polar surface area (TPSA) is 116 Å². The average molecular weight is 442 g/mol. The summed E-state index contributed by atoms with van der Waals surface area (Å²) in [4.78, 5) is 31.7. The fourth-order valence-electron chi connectivity index (χ4n) is 4.01. The Hall–Kier alpha value is -4.34. The molecule has 166 valence electrons. The quantitative estimate of drug-likeness (QED) is 0.446. The van der Waals surface area contributed by atoms with Crippen molar-refractivity contribution < 1.29 is 0 Å². The number of nitrogens with one attached hydrogen (secondary N) is 1. The van der Waals surface area contributed by atoms with Gasteiger partial charge in [0.05, 0.1) is 5.69 Å². The lowest BCUT2D eigenvalue weighted by atomic mass is 10.0. The number of H-pyrrole nitrogens is 1. The zero-order chi connectivity index (χ0) is 23.1. The summed E-state index contributed by atoms with van der Waals surface area (Å²) < 4.78 is 4.90. The van der Waals surface area contributed by atoms with Crippen molar-refractivity contribution >= 4 is 11.2 Å². The monoisotopic (exact) mass is 442 g/mol. The molecule has 3 heterocycles. The fraction of sp³-hybridized carbons (Fsp3) is 0.217. The summed E-state index contributed by atoms with van der Waals surface area (Å²) >= 11 is 0. The van der Waals surface area contributed by atoms with Crippen LogP contribution in [0.5, 0.6) is 0 Å². The molecule has 0 aliphatic rings. The zero-order valence-electron chi connectivity index (χ0n) is 18.4. The van der Waals surface area contributed by atoms with Crippen LogP contribution in [0.2, 0.25) is 0 Å². The predicted octanol–water partition coefficient (Wildman–Crippen LogP) is 2.24. The first-order chi connectivity index (χ1) is 15.9. The van der Waals surface area contributed by atoms with Crippen LogP contribution in [0.25, 0.3) is 28.0 Å². The van der Waals surface area contributed by atoms with Crippen molar-refractivity contribution in [2.75, 3.05) is 0 Å². The van der Waals surface area contributed by atoms with Crippen LogP contribution in [0.15, 0.2) is 64.4 Å². The van der Waals surface area contributed by atoms with Crippen molar-refractivity contribution in [1.82, 2.24) is 39.3 Å². The largest absolute Gasteiger partial charge is 0.329 e. The highest BCUT2D eigenvalue weighted by Gasteiger charge is 2.19. The van der Waals surface area contributed by atoms with Crippen LogP contribution >= 0.6 is 0 Å². The molecule has 1 N–H and O–H groups in total. The average Bonchev–Trinajstić information content (AvgIpc) is 3.47. The molecule has 0 bridgehead atoms. The van der Waals surface area contributed by atoms with E-state index in [0.717, 1.165) is 28.2 Å². The minimum Gasteiger partial charge on any atom is -0.317 e. The van der Waals surface area contributed by atoms with Crippen molar-refractivity contribution in [2.24, 2.45) is 7.05 Å². The second-order valence-corrected chi connectivity index (χ2v) is 8.17. The molecule has 33 heavy (non-hydrogen) atoms. The maximum absolute atomic E-state index is 12.6. The maximum Gasteiger partial charge on any atom is 0.329 e. The van der Waals surface area contributed by atoms with E-state index in [4.69, 9.17) is 0 Å². The highest BCUT2D eigenvalue weighted by molar-refractivity contribution is 5.73. The molecule has 0 aliphatic carbocycles. The standard InChI is InChI=1S/C23H22N8O2/c1-14(2)20-25-21-19(22(32)26-23(33)29(21)3)30(20)12-15-8-10-16(11-9-15)17-6-4-5-7-18(17)31-13-24-27-28-31/h4-11,13-14H,12H2,1-3H3,(H,26,32,33). The molecule has 0 radical (unpaired) electrons. The number of aryl methyl sites for hydroxylation is 1. The maximum atomic E-state index is 12.6. The number of imidazole rings is 1. The van der Waals surface area contributed by atoms with Crippen molar-refractivity contribution in [1.29, 1.82) is 0 Å². The third kappa shape index (κ3) is 3.55. The Kier molecular flexibility index (Phi) is 4.97. The summed E-state index contributed by atoms with van der Waals surface area (Å²) in [5.41, 5.74) is 3.79. The van der Waals surface area contributed by atoms with E-state index in [1.54, 1.807) is 18.1 Å². The van der Waals surface area contributed by atoms with Gasteiger partial charge in [-0.2, -0.15) is 4.68 Å². The van der Waals surface area contributed by atoms with Crippen LogP contribution in [-0.2, 0) is 13.6 Å². The number of para-hydroxylation sites is 1. The van der Waals surface area contributed by atoms with Gasteiger partial charge in [0.2, 0.25) is 0 Å². The first-order valence-corrected chi connectivity index (χ1v) is 10.5. The number of aromatic nitrogens is 8. The summed E-state index contributed by atoms with van der Waals surface area (Å²) in [5, 5.41) is 11.5. The molecule has 10 nitrogen and oxygen atoms in total. The molecule has 5 aromatic rings. The minimum atomic E-state index is -0.474. The van der Waals surface area contributed by atoms with Crippen LogP contribution in [0.4, 0.5) is 0 Å². The van der Waals surface area contributed by atoms with Gasteiger partial charge in [-0.3, -0.25) is 14.3 Å². The van der Waals surface area contributed by atoms with E-state index in [-0.39, 0.29) is 5.92 Å². The molecular formula is C23H22N8O2. The molecule has 3 aromatic heterocycles. The van der Waals surface area contributed by atoms with E-state index in [1.807, 2.05) is 66.9 Å². The molecule has 0 spiro atoms. The Morgan fingerprint density at radius 2 is 1.79 bits per heavy atom. The minimum absolute atomic E-state index is 0.0781. The van der Waals surface area contributed by atoms with Gasteiger partial charge in [-0.1, -0.05) is 56.3 Å². The fourth-order valence-corrected chi connectivity index (χ4v) is 4.01. The van der Waals surface area contributed by atoms with Crippen molar-refractivity contribution in [3.8, 4) is 16.8 Å². The molecule has 0 fully saturated rings. The molecule has 0 aliphatic heterocycles. The van der Waals surface area contributed by atoms with E-state index in [9.17, 15) is 9.59 Å². The van der Waals surface area contributed by atoms with Gasteiger partial charge in [-0.25, -0.2) is 9.78 Å². The second-order valence-electron chi connectivity index (χ2n) is 8.17. The van der Waals surface area contributed by atoms with Crippen LogP contribution in [0.1, 0.15) is 31.2 Å². The van der Waals surface area contributed by atoms with Gasteiger partial charge < -0.3 is 4.57 Å². The summed E-state index contributed by atoms with van der Waals surface area (Å²) in [6.45, 7) is 4.49. The first kappa shape index (κ1) is 20.6. The van der Waals surface area contributed by atoms with Crippen LogP contribution in [0, 0.1) is 0 Å². The van der Waals surface area contributed by atoms with Gasteiger partial charge in [-0.05, 0) is 27.6 Å². The van der Waals surface area contributed by atoms with Gasteiger partial charge in [0.25, 0.3) is 5.56 Å². The van der Waals surface area contributed by atoms with E-state index < -0.39 is 11.2 Å². The molecule has 0 amide bonds. The van der Waals surface area contributed by atoms with Crippen LogP contribution in [0.3, 0.4) is 0 Å². The Labute approximate surface area is 188 Å². The van der Waals surface area contributed by atoms with Crippen LogP contribution < -0.4 is 11.2 Å². The smallest absolute Gasteiger partial charge is 0.317 e. The molecule has 10 heteroatoms. The SMILES string of the molecule is CC(C)c1nc2c(c(=O)[nH]c(=O)n2C)n1Cc1ccc(-c2ccccc2-n2cnnn2)cc1. The van der Waals surface area contributed by atoms with Gasteiger partial charge in [0.15, 0.2) is 11.2 Å². The summed E-state index contributed by atoms with van der Waals surface area (Å²) in [5.74, 6) is 0.833. The third-order valence-electron chi connectivity index (χ3n) is 5.66. The van der Waals surface area contributed by atoms with Gasteiger partial charge in [0, 0.05) is 25.1 Å². The van der Waals surface area contributed by atoms with Crippen molar-refractivity contribution in [2.45, 2.75) is 26.3 Å². The van der Waals surface area contributed by atoms with E-state index in [0.29, 0.717) is 17.7 Å². The third-order valence-corrected chi connectivity index (χ3v) is 5.66. The lowest BCUT2D eigenvalue weighted by Gasteiger charge is -2.12. The Balaban J connectivity index is 1.56. The molecule has 0 unspecified atom stereocenters. The summed E-state index contributed by atoms with van der Waals surface area (Å²) in [6.07, 6.45) is 1.57. The number of tetrazole rings is 1. The van der Waals surface area contributed by atoms with Gasteiger partial charge in [0.1, 0.15) is 12.2 Å². The zero-order valence-corrected chi connectivity index (χ0v) is 18.4. The van der Waals surface area contributed by atoms with E-state index in [1.165, 1.54) is 4.57 Å².